The van der Waals surface area contributed by atoms with Crippen molar-refractivity contribution >= 4 is 75.1 Å². The Bertz CT molecular complexity index is 2740. The number of benzene rings is 7. The van der Waals surface area contributed by atoms with Gasteiger partial charge in [0.2, 0.25) is 0 Å². The Kier molecular flexibility index (Phi) is 5.19. The largest absolute Gasteiger partial charge is 0.307 e. The van der Waals surface area contributed by atoms with Gasteiger partial charge < -0.3 is 9.13 Å². The Hall–Kier alpha value is -5.64. The molecule has 210 valence electrons. The van der Waals surface area contributed by atoms with E-state index in [2.05, 4.69) is 167 Å². The van der Waals surface area contributed by atoms with E-state index in [4.69, 9.17) is 0 Å². The molecule has 0 fully saturated rings. The van der Waals surface area contributed by atoms with E-state index in [0.29, 0.717) is 0 Å². The van der Waals surface area contributed by atoms with Gasteiger partial charge in [-0.1, -0.05) is 103 Å². The first-order chi connectivity index (χ1) is 22.3. The topological polar surface area (TPSA) is 9.86 Å². The van der Waals surface area contributed by atoms with E-state index in [1.54, 1.807) is 0 Å². The SMILES string of the molecule is c1ccc(-c2ccc3sc4ccc(-n5c6ccccc6c6ccc7c8ccccc8n(-c8ccccc8)c7c65)cc4c3c2)cc1. The fourth-order valence-corrected chi connectivity index (χ4v) is 8.40. The summed E-state index contributed by atoms with van der Waals surface area (Å²) in [5, 5.41) is 7.67. The Balaban J connectivity index is 1.34. The minimum Gasteiger partial charge on any atom is -0.307 e. The normalized spacial score (nSPS) is 12.0. The highest BCUT2D eigenvalue weighted by atomic mass is 32.1. The predicted molar refractivity (Wildman–Crippen MR) is 193 cm³/mol. The summed E-state index contributed by atoms with van der Waals surface area (Å²) >= 11 is 1.87. The molecular weight excluding hydrogens is 565 g/mol. The van der Waals surface area contributed by atoms with Crippen molar-refractivity contribution in [2.45, 2.75) is 0 Å². The van der Waals surface area contributed by atoms with Gasteiger partial charge >= 0.3 is 0 Å². The monoisotopic (exact) mass is 590 g/mol. The molecule has 0 saturated carbocycles. The number of hydrogen-bond donors (Lipinski definition) is 0. The Morgan fingerprint density at radius 2 is 0.867 bits per heavy atom. The number of aromatic nitrogens is 2. The first kappa shape index (κ1) is 24.8. The van der Waals surface area contributed by atoms with Gasteiger partial charge in [0, 0.05) is 53.1 Å². The van der Waals surface area contributed by atoms with Crippen LogP contribution in [0.4, 0.5) is 0 Å². The van der Waals surface area contributed by atoms with Gasteiger partial charge in [-0.05, 0) is 65.7 Å². The summed E-state index contributed by atoms with van der Waals surface area (Å²) in [6.45, 7) is 0. The van der Waals surface area contributed by atoms with E-state index in [1.807, 2.05) is 11.3 Å². The molecule has 0 aliphatic carbocycles. The van der Waals surface area contributed by atoms with Crippen molar-refractivity contribution in [2.75, 3.05) is 0 Å². The average molecular weight is 591 g/mol. The minimum absolute atomic E-state index is 1.17. The predicted octanol–water partition coefficient (Wildman–Crippen LogP) is 11.9. The second kappa shape index (κ2) is 9.43. The third-order valence-corrected chi connectivity index (χ3v) is 10.5. The summed E-state index contributed by atoms with van der Waals surface area (Å²) in [5.74, 6) is 0. The quantitative estimate of drug-likeness (QED) is 0.194. The lowest BCUT2D eigenvalue weighted by Crippen LogP contribution is -1.98. The van der Waals surface area contributed by atoms with Gasteiger partial charge in [-0.25, -0.2) is 0 Å². The summed E-state index contributed by atoms with van der Waals surface area (Å²) < 4.78 is 7.57. The molecule has 10 rings (SSSR count). The fourth-order valence-electron chi connectivity index (χ4n) is 7.33. The summed E-state index contributed by atoms with van der Waals surface area (Å²) in [6, 6.07) is 57.7. The fraction of sp³-hybridized carbons (Fsp3) is 0. The van der Waals surface area contributed by atoms with Gasteiger partial charge in [0.1, 0.15) is 0 Å². The van der Waals surface area contributed by atoms with Crippen LogP contribution in [0.5, 0.6) is 0 Å². The van der Waals surface area contributed by atoms with Crippen LogP contribution in [0.3, 0.4) is 0 Å². The summed E-state index contributed by atoms with van der Waals surface area (Å²) in [4.78, 5) is 0. The van der Waals surface area contributed by atoms with Crippen LogP contribution in [0.1, 0.15) is 0 Å². The number of nitrogens with zero attached hydrogens (tertiary/aromatic N) is 2. The van der Waals surface area contributed by atoms with Gasteiger partial charge in [0.15, 0.2) is 0 Å². The third-order valence-electron chi connectivity index (χ3n) is 9.30. The third kappa shape index (κ3) is 3.56. The highest BCUT2D eigenvalue weighted by molar-refractivity contribution is 7.25. The molecule has 2 nitrogen and oxygen atoms in total. The first-order valence-corrected chi connectivity index (χ1v) is 16.2. The maximum absolute atomic E-state index is 2.50. The van der Waals surface area contributed by atoms with Gasteiger partial charge in [-0.2, -0.15) is 0 Å². The molecule has 0 saturated heterocycles. The zero-order valence-electron chi connectivity index (χ0n) is 24.3. The lowest BCUT2D eigenvalue weighted by molar-refractivity contribution is 1.15. The van der Waals surface area contributed by atoms with Crippen molar-refractivity contribution in [2.24, 2.45) is 0 Å². The van der Waals surface area contributed by atoms with Crippen LogP contribution in [0.25, 0.3) is 86.3 Å². The smallest absolute Gasteiger partial charge is 0.0788 e. The van der Waals surface area contributed by atoms with Crippen molar-refractivity contribution in [3.63, 3.8) is 0 Å². The molecule has 0 amide bonds. The molecule has 0 aliphatic rings. The van der Waals surface area contributed by atoms with Crippen molar-refractivity contribution in [1.29, 1.82) is 0 Å². The Labute approximate surface area is 263 Å². The molecule has 0 N–H and O–H groups in total. The maximum Gasteiger partial charge on any atom is 0.0788 e. The first-order valence-electron chi connectivity index (χ1n) is 15.4. The van der Waals surface area contributed by atoms with Crippen molar-refractivity contribution in [1.82, 2.24) is 9.13 Å². The Morgan fingerprint density at radius 3 is 1.53 bits per heavy atom. The lowest BCUT2D eigenvalue weighted by atomic mass is 10.0. The van der Waals surface area contributed by atoms with Crippen molar-refractivity contribution in [3.05, 3.63) is 158 Å². The van der Waals surface area contributed by atoms with Gasteiger partial charge in [-0.15, -0.1) is 11.3 Å². The molecule has 3 aromatic heterocycles. The summed E-state index contributed by atoms with van der Waals surface area (Å²) in [6.07, 6.45) is 0. The van der Waals surface area contributed by atoms with Crippen molar-refractivity contribution < 1.29 is 0 Å². The van der Waals surface area contributed by atoms with Crippen molar-refractivity contribution in [3.8, 4) is 22.5 Å². The van der Waals surface area contributed by atoms with E-state index >= 15 is 0 Å². The van der Waals surface area contributed by atoms with Crippen LogP contribution in [0.15, 0.2) is 158 Å². The van der Waals surface area contributed by atoms with Gasteiger partial charge in [0.05, 0.1) is 22.1 Å². The van der Waals surface area contributed by atoms with Crippen LogP contribution in [-0.4, -0.2) is 9.13 Å². The van der Waals surface area contributed by atoms with Crippen LogP contribution < -0.4 is 0 Å². The highest BCUT2D eigenvalue weighted by Crippen LogP contribution is 2.43. The molecule has 0 bridgehead atoms. The number of fused-ring (bicyclic) bond motifs is 10. The van der Waals surface area contributed by atoms with E-state index in [0.717, 1.165) is 0 Å². The Morgan fingerprint density at radius 1 is 0.333 bits per heavy atom. The molecule has 0 unspecified atom stereocenters. The molecule has 0 spiro atoms. The number of thiophene rings is 1. The van der Waals surface area contributed by atoms with E-state index in [-0.39, 0.29) is 0 Å². The maximum atomic E-state index is 2.50. The standard InChI is InChI=1S/C42H26N2S/c1-3-11-27(12-4-1)28-19-23-39-35(25-28)36-26-30(20-24-40(36)45-39)44-38-18-10-8-16-32(38)34-22-21-33-31-15-7-9-17-37(31)43(41(33)42(34)44)29-13-5-2-6-14-29/h1-26H. The van der Waals surface area contributed by atoms with Crippen LogP contribution >= 0.6 is 11.3 Å². The van der Waals surface area contributed by atoms with E-state index in [9.17, 15) is 0 Å². The second-order valence-electron chi connectivity index (χ2n) is 11.8. The zero-order valence-corrected chi connectivity index (χ0v) is 25.1. The summed E-state index contributed by atoms with van der Waals surface area (Å²) in [5.41, 5.74) is 9.74. The number of rotatable bonds is 3. The molecule has 10 aromatic rings. The van der Waals surface area contributed by atoms with E-state index in [1.165, 1.54) is 86.3 Å². The molecular formula is C42H26N2S. The van der Waals surface area contributed by atoms with Gasteiger partial charge in [-0.3, -0.25) is 0 Å². The van der Waals surface area contributed by atoms with Crippen LogP contribution in [0.2, 0.25) is 0 Å². The van der Waals surface area contributed by atoms with Gasteiger partial charge in [0.25, 0.3) is 0 Å². The number of para-hydroxylation sites is 3. The molecule has 0 atom stereocenters. The number of hydrogen-bond acceptors (Lipinski definition) is 1. The van der Waals surface area contributed by atoms with Crippen LogP contribution in [-0.2, 0) is 0 Å². The molecule has 0 aliphatic heterocycles. The zero-order chi connectivity index (χ0) is 29.5. The molecule has 3 heteroatoms. The second-order valence-corrected chi connectivity index (χ2v) is 12.8. The average Bonchev–Trinajstić information content (AvgIpc) is 3.76. The molecule has 0 radical (unpaired) electrons. The molecule has 3 heterocycles. The lowest BCUT2D eigenvalue weighted by Gasteiger charge is -2.13. The summed E-state index contributed by atoms with van der Waals surface area (Å²) in [7, 11) is 0. The molecule has 45 heavy (non-hydrogen) atoms. The molecule has 7 aromatic carbocycles. The van der Waals surface area contributed by atoms with Crippen LogP contribution in [0, 0.1) is 0 Å². The van der Waals surface area contributed by atoms with E-state index < -0.39 is 0 Å². The highest BCUT2D eigenvalue weighted by Gasteiger charge is 2.21. The minimum atomic E-state index is 1.17.